The van der Waals surface area contributed by atoms with Crippen LogP contribution in [0.25, 0.3) is 11.1 Å². The summed E-state index contributed by atoms with van der Waals surface area (Å²) in [7, 11) is 0. The highest BCUT2D eigenvalue weighted by Crippen LogP contribution is 2.25. The summed E-state index contributed by atoms with van der Waals surface area (Å²) in [5, 5.41) is 2.90. The van der Waals surface area contributed by atoms with Gasteiger partial charge in [-0.05, 0) is 86.2 Å². The van der Waals surface area contributed by atoms with Crippen molar-refractivity contribution in [2.45, 2.75) is 74.1 Å². The number of Topliss-reactive ketones (excluding diaryl/α,β-unsaturated/α-hetero) is 1. The van der Waals surface area contributed by atoms with Gasteiger partial charge in [-0.1, -0.05) is 119 Å². The lowest BCUT2D eigenvalue weighted by Gasteiger charge is -2.11. The van der Waals surface area contributed by atoms with Crippen molar-refractivity contribution < 1.29 is 9.59 Å². The lowest BCUT2D eigenvalue weighted by atomic mass is 9.98. The summed E-state index contributed by atoms with van der Waals surface area (Å²) < 4.78 is 0. The van der Waals surface area contributed by atoms with Crippen LogP contribution in [0.15, 0.2) is 97.1 Å². The Morgan fingerprint density at radius 2 is 1.29 bits per heavy atom. The summed E-state index contributed by atoms with van der Waals surface area (Å²) >= 11 is 0. The minimum atomic E-state index is -0.174. The number of anilines is 1. The Labute approximate surface area is 248 Å². The molecule has 1 amide bonds. The predicted octanol–water partition coefficient (Wildman–Crippen LogP) is 10.6. The molecule has 0 saturated heterocycles. The number of carbonyl (C=O) groups is 2. The number of hydrogen-bond donors (Lipinski definition) is 1. The number of carbonyl (C=O) groups excluding carboxylic acids is 2. The topological polar surface area (TPSA) is 46.2 Å². The van der Waals surface area contributed by atoms with E-state index < -0.39 is 0 Å². The highest BCUT2D eigenvalue weighted by Gasteiger charge is 2.13. The van der Waals surface area contributed by atoms with E-state index in [0.29, 0.717) is 16.8 Å². The van der Waals surface area contributed by atoms with Crippen molar-refractivity contribution in [3.63, 3.8) is 0 Å². The van der Waals surface area contributed by atoms with Crippen LogP contribution in [-0.2, 0) is 0 Å². The van der Waals surface area contributed by atoms with Crippen molar-refractivity contribution in [1.29, 1.82) is 0 Å². The van der Waals surface area contributed by atoms with Crippen LogP contribution >= 0.6 is 0 Å². The smallest absolute Gasteiger partial charge is 0.256 e. The van der Waals surface area contributed by atoms with Crippen LogP contribution in [0.1, 0.15) is 90.8 Å². The van der Waals surface area contributed by atoms with Gasteiger partial charge in [0, 0.05) is 16.8 Å². The van der Waals surface area contributed by atoms with Crippen molar-refractivity contribution in [2.75, 3.05) is 5.32 Å². The third kappa shape index (κ3) is 11.6. The summed E-state index contributed by atoms with van der Waals surface area (Å²) in [6.45, 7) is 14.6. The highest BCUT2D eigenvalue weighted by atomic mass is 16.1. The lowest BCUT2D eigenvalue weighted by molar-refractivity contribution is 0.101. The molecule has 41 heavy (non-hydrogen) atoms. The fraction of sp³-hybridized carbons (Fsp3) is 0.316. The van der Waals surface area contributed by atoms with Crippen molar-refractivity contribution in [3.05, 3.63) is 125 Å². The second kappa shape index (κ2) is 17.7. The van der Waals surface area contributed by atoms with Gasteiger partial charge >= 0.3 is 0 Å². The van der Waals surface area contributed by atoms with Crippen molar-refractivity contribution >= 4 is 17.4 Å². The zero-order valence-corrected chi connectivity index (χ0v) is 26.0. The van der Waals surface area contributed by atoms with Crippen molar-refractivity contribution in [3.8, 4) is 11.1 Å². The molecule has 4 aromatic rings. The van der Waals surface area contributed by atoms with Crippen LogP contribution in [0.4, 0.5) is 5.69 Å². The van der Waals surface area contributed by atoms with Gasteiger partial charge < -0.3 is 5.32 Å². The van der Waals surface area contributed by atoms with Crippen LogP contribution in [0.3, 0.4) is 0 Å². The maximum absolute atomic E-state index is 12.7. The van der Waals surface area contributed by atoms with Gasteiger partial charge in [0.15, 0.2) is 5.78 Å². The zero-order valence-electron chi connectivity index (χ0n) is 26.0. The molecule has 0 heterocycles. The van der Waals surface area contributed by atoms with E-state index in [1.165, 1.54) is 49.3 Å². The third-order valence-electron chi connectivity index (χ3n) is 7.26. The van der Waals surface area contributed by atoms with Crippen LogP contribution in [0.5, 0.6) is 0 Å². The molecule has 1 unspecified atom stereocenters. The normalized spacial score (nSPS) is 10.8. The Balaban J connectivity index is 0.000000300. The van der Waals surface area contributed by atoms with Crippen LogP contribution in [0.2, 0.25) is 0 Å². The van der Waals surface area contributed by atoms with E-state index in [2.05, 4.69) is 64.2 Å². The van der Waals surface area contributed by atoms with Gasteiger partial charge in [0.2, 0.25) is 0 Å². The van der Waals surface area contributed by atoms with Gasteiger partial charge in [-0.2, -0.15) is 0 Å². The maximum Gasteiger partial charge on any atom is 0.256 e. The number of nitrogens with one attached hydrogen (secondary N) is 1. The Bertz CT molecular complexity index is 1330. The first-order chi connectivity index (χ1) is 19.7. The molecule has 0 aliphatic rings. The largest absolute Gasteiger partial charge is 0.322 e. The Morgan fingerprint density at radius 3 is 1.80 bits per heavy atom. The fourth-order valence-corrected chi connectivity index (χ4v) is 4.07. The molecule has 0 bridgehead atoms. The Kier molecular flexibility index (Phi) is 14.3. The molecular weight excluding hydrogens is 502 g/mol. The zero-order chi connectivity index (χ0) is 30.2. The molecule has 1 N–H and O–H groups in total. The van der Waals surface area contributed by atoms with Gasteiger partial charge in [-0.25, -0.2) is 0 Å². The molecule has 1 atom stereocenters. The fourth-order valence-electron chi connectivity index (χ4n) is 4.07. The number of hydrogen-bond acceptors (Lipinski definition) is 2. The minimum absolute atomic E-state index is 0.00240. The first-order valence-corrected chi connectivity index (χ1v) is 14.8. The Morgan fingerprint density at radius 1 is 0.732 bits per heavy atom. The van der Waals surface area contributed by atoms with E-state index in [4.69, 9.17) is 0 Å². The summed E-state index contributed by atoms with van der Waals surface area (Å²) in [5.41, 5.74) is 7.70. The molecule has 3 nitrogen and oxygen atoms in total. The quantitative estimate of drug-likeness (QED) is 0.222. The Hall–Kier alpha value is -3.98. The van der Waals surface area contributed by atoms with E-state index in [1.54, 1.807) is 24.3 Å². The SMILES string of the molecule is CC(=O)c1ccc(NC(=O)c2ccccc2-c2ccc(C)cc2)cc1.CCCCC(C)CC.Cc1ccccc1C. The monoisotopic (exact) mass is 549 g/mol. The number of unbranched alkanes of at least 4 members (excludes halogenated alkanes) is 1. The van der Waals surface area contributed by atoms with Gasteiger partial charge in [0.1, 0.15) is 0 Å². The summed E-state index contributed by atoms with van der Waals surface area (Å²) in [6.07, 6.45) is 5.53. The molecule has 216 valence electrons. The van der Waals surface area contributed by atoms with E-state index >= 15 is 0 Å². The molecule has 0 radical (unpaired) electrons. The molecule has 4 aromatic carbocycles. The van der Waals surface area contributed by atoms with Crippen LogP contribution in [-0.4, -0.2) is 11.7 Å². The van der Waals surface area contributed by atoms with E-state index in [0.717, 1.165) is 17.0 Å². The summed E-state index contributed by atoms with van der Waals surface area (Å²) in [6, 6.07) is 30.9. The highest BCUT2D eigenvalue weighted by molar-refractivity contribution is 6.08. The minimum Gasteiger partial charge on any atom is -0.322 e. The summed E-state index contributed by atoms with van der Waals surface area (Å²) in [4.78, 5) is 24.1. The number of amides is 1. The molecular formula is C38H47NO2. The average Bonchev–Trinajstić information content (AvgIpc) is 2.98. The molecule has 0 aromatic heterocycles. The molecule has 0 saturated carbocycles. The van der Waals surface area contributed by atoms with Gasteiger partial charge in [0.05, 0.1) is 0 Å². The molecule has 0 spiro atoms. The molecule has 0 fully saturated rings. The van der Waals surface area contributed by atoms with E-state index in [-0.39, 0.29) is 11.7 Å². The first kappa shape index (κ1) is 33.2. The van der Waals surface area contributed by atoms with Crippen molar-refractivity contribution in [2.24, 2.45) is 5.92 Å². The number of ketones is 1. The predicted molar refractivity (Wildman–Crippen MR) is 176 cm³/mol. The average molecular weight is 550 g/mol. The van der Waals surface area contributed by atoms with E-state index in [1.807, 2.05) is 55.5 Å². The van der Waals surface area contributed by atoms with Gasteiger partial charge in [-0.3, -0.25) is 9.59 Å². The van der Waals surface area contributed by atoms with Crippen molar-refractivity contribution in [1.82, 2.24) is 0 Å². The van der Waals surface area contributed by atoms with Gasteiger partial charge in [-0.15, -0.1) is 0 Å². The standard InChI is InChI=1S/C22H19NO2.C8H10.C8H18/c1-15-7-9-18(10-8-15)20-5-3-4-6-21(20)22(25)23-19-13-11-17(12-14-19)16(2)24;1-7-5-3-4-6-8(7)2;1-4-6-7-8(3)5-2/h3-14H,1-2H3,(H,23,25);3-6H,1-2H3;8H,4-7H2,1-3H3. The number of aryl methyl sites for hydroxylation is 3. The van der Waals surface area contributed by atoms with Crippen LogP contribution < -0.4 is 5.32 Å². The maximum atomic E-state index is 12.7. The molecule has 0 aliphatic heterocycles. The second-order valence-electron chi connectivity index (χ2n) is 10.7. The third-order valence-corrected chi connectivity index (χ3v) is 7.26. The molecule has 0 aliphatic carbocycles. The molecule has 3 heteroatoms. The lowest BCUT2D eigenvalue weighted by Crippen LogP contribution is -2.13. The van der Waals surface area contributed by atoms with Gasteiger partial charge in [0.25, 0.3) is 5.91 Å². The first-order valence-electron chi connectivity index (χ1n) is 14.8. The second-order valence-corrected chi connectivity index (χ2v) is 10.7. The number of benzene rings is 4. The summed E-state index contributed by atoms with van der Waals surface area (Å²) in [5.74, 6) is 0.782. The van der Waals surface area contributed by atoms with Crippen LogP contribution in [0, 0.1) is 26.7 Å². The van der Waals surface area contributed by atoms with E-state index in [9.17, 15) is 9.59 Å². The molecule has 4 rings (SSSR count). The number of rotatable bonds is 8.